The molecule has 2 atom stereocenters. The number of rotatable bonds is 9. The molecule has 3 heterocycles. The Morgan fingerprint density at radius 3 is 2.47 bits per heavy atom. The molecule has 4 aromatic rings. The van der Waals surface area contributed by atoms with Crippen molar-refractivity contribution in [1.82, 2.24) is 19.7 Å². The molecule has 0 N–H and O–H groups in total. The maximum Gasteiger partial charge on any atom is 0.225 e. The summed E-state index contributed by atoms with van der Waals surface area (Å²) in [6, 6.07) is 15.2. The average Bonchev–Trinajstić information content (AvgIpc) is 3.66. The van der Waals surface area contributed by atoms with Crippen LogP contribution in [0.5, 0.6) is 5.75 Å². The molecule has 2 fully saturated rings. The minimum absolute atomic E-state index is 0.597. The van der Waals surface area contributed by atoms with Gasteiger partial charge in [0, 0.05) is 18.5 Å². The van der Waals surface area contributed by atoms with Crippen LogP contribution in [0.1, 0.15) is 48.9 Å². The van der Waals surface area contributed by atoms with Gasteiger partial charge in [-0.25, -0.2) is 9.97 Å². The summed E-state index contributed by atoms with van der Waals surface area (Å²) in [4.78, 5) is 11.1. The highest BCUT2D eigenvalue weighted by molar-refractivity contribution is 6.30. The van der Waals surface area contributed by atoms with Crippen LogP contribution in [-0.4, -0.2) is 39.9 Å². The molecule has 2 aromatic heterocycles. The molecule has 0 radical (unpaired) electrons. The van der Waals surface area contributed by atoms with Gasteiger partial charge in [0.2, 0.25) is 5.95 Å². The van der Waals surface area contributed by atoms with Crippen LogP contribution < -0.4 is 9.64 Å². The van der Waals surface area contributed by atoms with E-state index in [1.807, 2.05) is 12.1 Å². The van der Waals surface area contributed by atoms with Crippen molar-refractivity contribution < 1.29 is 4.74 Å². The molecule has 1 aliphatic carbocycles. The number of aromatic nitrogens is 4. The fourth-order valence-electron chi connectivity index (χ4n) is 6.31. The molecule has 0 spiro atoms. The first kappa shape index (κ1) is 25.2. The minimum atomic E-state index is 0.597. The van der Waals surface area contributed by atoms with Crippen molar-refractivity contribution in [3.63, 3.8) is 0 Å². The summed E-state index contributed by atoms with van der Waals surface area (Å²) < 4.78 is 7.41. The van der Waals surface area contributed by atoms with Crippen molar-refractivity contribution in [3.05, 3.63) is 76.7 Å². The maximum absolute atomic E-state index is 5.94. The second kappa shape index (κ2) is 10.9. The third kappa shape index (κ3) is 5.51. The first-order chi connectivity index (χ1) is 18.6. The number of halogens is 1. The maximum atomic E-state index is 5.94. The molecule has 1 saturated carbocycles. The molecule has 2 aromatic carbocycles. The molecule has 6 rings (SSSR count). The molecule has 2 aliphatic rings. The number of ether oxygens (including phenoxy) is 1. The fourth-order valence-corrected chi connectivity index (χ4v) is 6.41. The summed E-state index contributed by atoms with van der Waals surface area (Å²) in [7, 11) is 1.70. The van der Waals surface area contributed by atoms with Gasteiger partial charge in [0.05, 0.1) is 42.3 Å². The molecule has 0 amide bonds. The SMILES string of the molecule is COc1ccc(Cn2nc(C)c3cc(CCCC4C[C@@H]4C4CCN(c5ncc(Cl)cn5)CC4)ccc32)cc1. The highest BCUT2D eigenvalue weighted by atomic mass is 35.5. The Morgan fingerprint density at radius 1 is 1.00 bits per heavy atom. The number of methoxy groups -OCH3 is 1. The molecule has 0 bridgehead atoms. The number of anilines is 1. The minimum Gasteiger partial charge on any atom is -0.497 e. The zero-order valence-corrected chi connectivity index (χ0v) is 23.1. The van der Waals surface area contributed by atoms with Crippen molar-refractivity contribution in [3.8, 4) is 5.75 Å². The predicted octanol–water partition coefficient (Wildman–Crippen LogP) is 6.72. The number of aryl methyl sites for hydroxylation is 2. The zero-order valence-electron chi connectivity index (χ0n) is 22.3. The highest BCUT2D eigenvalue weighted by Gasteiger charge is 2.43. The lowest BCUT2D eigenvalue weighted by molar-refractivity contribution is 0.341. The molecular weight excluding hydrogens is 494 g/mol. The van der Waals surface area contributed by atoms with Gasteiger partial charge in [-0.15, -0.1) is 0 Å². The molecule has 7 heteroatoms. The Hall–Kier alpha value is -3.12. The van der Waals surface area contributed by atoms with Crippen LogP contribution in [0.3, 0.4) is 0 Å². The lowest BCUT2D eigenvalue weighted by atomic mass is 9.90. The van der Waals surface area contributed by atoms with E-state index in [4.69, 9.17) is 21.4 Å². The highest BCUT2D eigenvalue weighted by Crippen LogP contribution is 2.50. The van der Waals surface area contributed by atoms with Crippen LogP contribution in [0.15, 0.2) is 54.9 Å². The van der Waals surface area contributed by atoms with E-state index in [-0.39, 0.29) is 0 Å². The van der Waals surface area contributed by atoms with Crippen LogP contribution in [-0.2, 0) is 13.0 Å². The Kier molecular flexibility index (Phi) is 7.24. The first-order valence-corrected chi connectivity index (χ1v) is 14.3. The predicted molar refractivity (Wildman–Crippen MR) is 153 cm³/mol. The van der Waals surface area contributed by atoms with Gasteiger partial charge in [-0.3, -0.25) is 4.68 Å². The molecule has 38 heavy (non-hydrogen) atoms. The smallest absolute Gasteiger partial charge is 0.225 e. The van der Waals surface area contributed by atoms with Crippen molar-refractivity contribution in [1.29, 1.82) is 0 Å². The second-order valence-electron chi connectivity index (χ2n) is 11.0. The summed E-state index contributed by atoms with van der Waals surface area (Å²) in [6.07, 6.45) is 11.1. The van der Waals surface area contributed by atoms with Gasteiger partial charge < -0.3 is 9.64 Å². The zero-order chi connectivity index (χ0) is 26.1. The van der Waals surface area contributed by atoms with E-state index in [0.29, 0.717) is 5.02 Å². The summed E-state index contributed by atoms with van der Waals surface area (Å²) >= 11 is 5.94. The van der Waals surface area contributed by atoms with E-state index in [9.17, 15) is 0 Å². The Bertz CT molecular complexity index is 1380. The normalized spacial score (nSPS) is 19.7. The Balaban J connectivity index is 0.984. The standard InChI is InChI=1S/C31H36ClN5O/c1-21-28-16-22(8-11-30(28)37(35-21)20-23-6-9-27(38-2)10-7-23)4-3-5-25-17-29(25)24-12-14-36(15-13-24)31-33-18-26(32)19-34-31/h6-11,16,18-19,24-25,29H,3-5,12-15,17,20H2,1-2H3/t25?,29-/m1/s1. The second-order valence-corrected chi connectivity index (χ2v) is 11.5. The molecular formula is C31H36ClN5O. The number of piperidine rings is 1. The van der Waals surface area contributed by atoms with E-state index in [1.54, 1.807) is 19.5 Å². The van der Waals surface area contributed by atoms with Gasteiger partial charge in [0.1, 0.15) is 5.75 Å². The van der Waals surface area contributed by atoms with Gasteiger partial charge >= 0.3 is 0 Å². The van der Waals surface area contributed by atoms with E-state index >= 15 is 0 Å². The van der Waals surface area contributed by atoms with Gasteiger partial charge in [0.25, 0.3) is 0 Å². The average molecular weight is 530 g/mol. The third-order valence-electron chi connectivity index (χ3n) is 8.54. The van der Waals surface area contributed by atoms with Gasteiger partial charge in [0.15, 0.2) is 0 Å². The number of benzene rings is 2. The molecule has 1 aliphatic heterocycles. The van der Waals surface area contributed by atoms with Gasteiger partial charge in [-0.05, 0) is 98.6 Å². The number of nitrogens with zero attached hydrogens (tertiary/aromatic N) is 5. The van der Waals surface area contributed by atoms with E-state index < -0.39 is 0 Å². The summed E-state index contributed by atoms with van der Waals surface area (Å²) in [5.74, 6) is 4.39. The quantitative estimate of drug-likeness (QED) is 0.241. The summed E-state index contributed by atoms with van der Waals surface area (Å²) in [5.41, 5.74) is 4.97. The van der Waals surface area contributed by atoms with Crippen LogP contribution in [0.2, 0.25) is 5.02 Å². The monoisotopic (exact) mass is 529 g/mol. The molecule has 198 valence electrons. The lowest BCUT2D eigenvalue weighted by Gasteiger charge is -2.32. The first-order valence-electron chi connectivity index (χ1n) is 13.9. The number of hydrogen-bond acceptors (Lipinski definition) is 5. The molecule has 6 nitrogen and oxygen atoms in total. The van der Waals surface area contributed by atoms with Crippen LogP contribution in [0.4, 0.5) is 5.95 Å². The Labute approximate surface area is 230 Å². The Morgan fingerprint density at radius 2 is 1.74 bits per heavy atom. The number of hydrogen-bond donors (Lipinski definition) is 0. The summed E-state index contributed by atoms with van der Waals surface area (Å²) in [6.45, 7) is 5.00. The third-order valence-corrected chi connectivity index (χ3v) is 8.74. The molecule has 1 saturated heterocycles. The van der Waals surface area contributed by atoms with E-state index in [0.717, 1.165) is 61.2 Å². The van der Waals surface area contributed by atoms with E-state index in [2.05, 4.69) is 56.8 Å². The van der Waals surface area contributed by atoms with Crippen LogP contribution in [0.25, 0.3) is 10.9 Å². The van der Waals surface area contributed by atoms with Crippen molar-refractivity contribution in [2.24, 2.45) is 17.8 Å². The molecule has 1 unspecified atom stereocenters. The van der Waals surface area contributed by atoms with Crippen molar-refractivity contribution >= 4 is 28.5 Å². The number of fused-ring (bicyclic) bond motifs is 1. The topological polar surface area (TPSA) is 56.1 Å². The van der Waals surface area contributed by atoms with Crippen molar-refractivity contribution in [2.45, 2.75) is 52.0 Å². The van der Waals surface area contributed by atoms with Gasteiger partial charge in [-0.1, -0.05) is 29.8 Å². The van der Waals surface area contributed by atoms with Crippen LogP contribution in [0, 0.1) is 24.7 Å². The summed E-state index contributed by atoms with van der Waals surface area (Å²) in [5, 5.41) is 6.72. The largest absolute Gasteiger partial charge is 0.497 e. The fraction of sp³-hybridized carbons (Fsp3) is 0.452. The van der Waals surface area contributed by atoms with E-state index in [1.165, 1.54) is 54.1 Å². The van der Waals surface area contributed by atoms with Gasteiger partial charge in [-0.2, -0.15) is 5.10 Å². The van der Waals surface area contributed by atoms with Crippen LogP contribution >= 0.6 is 11.6 Å². The lowest BCUT2D eigenvalue weighted by Crippen LogP contribution is -2.35. The van der Waals surface area contributed by atoms with Crippen molar-refractivity contribution in [2.75, 3.05) is 25.1 Å².